The van der Waals surface area contributed by atoms with Gasteiger partial charge in [0.1, 0.15) is 0 Å². The molecule has 2 rings (SSSR count). The normalized spacial score (nSPS) is 25.6. The van der Waals surface area contributed by atoms with Crippen LogP contribution in [0, 0.1) is 11.8 Å². The number of hydrogen-bond acceptors (Lipinski definition) is 3. The second-order valence-electron chi connectivity index (χ2n) is 5.18. The Kier molecular flexibility index (Phi) is 4.83. The molecule has 0 N–H and O–H groups in total. The van der Waals surface area contributed by atoms with Gasteiger partial charge in [0.05, 0.1) is 16.6 Å². The Labute approximate surface area is 113 Å². The van der Waals surface area contributed by atoms with E-state index in [-0.39, 0.29) is 0 Å². The van der Waals surface area contributed by atoms with E-state index < -0.39 is 0 Å². The van der Waals surface area contributed by atoms with Crippen molar-refractivity contribution in [1.29, 1.82) is 0 Å². The number of rotatable bonds is 5. The Balaban J connectivity index is 1.69. The number of nitrogens with zero attached hydrogens (tertiary/aromatic N) is 2. The maximum Gasteiger partial charge on any atom is 0.0929 e. The van der Waals surface area contributed by atoms with E-state index in [1.807, 2.05) is 0 Å². The average Bonchev–Trinajstić information content (AvgIpc) is 2.87. The van der Waals surface area contributed by atoms with Gasteiger partial charge in [-0.05, 0) is 24.8 Å². The van der Waals surface area contributed by atoms with Crippen molar-refractivity contribution < 1.29 is 0 Å². The number of aryl methyl sites for hydroxylation is 1. The van der Waals surface area contributed by atoms with Crippen LogP contribution in [0.2, 0.25) is 0 Å². The molecule has 2 heterocycles. The molecular formula is C13H21ClN2S. The highest BCUT2D eigenvalue weighted by Crippen LogP contribution is 2.22. The molecule has 2 nitrogen and oxygen atoms in total. The first-order valence-corrected chi connectivity index (χ1v) is 7.82. The van der Waals surface area contributed by atoms with Gasteiger partial charge in [0.15, 0.2) is 0 Å². The lowest BCUT2D eigenvalue weighted by atomic mass is 10.0. The molecule has 0 saturated carbocycles. The van der Waals surface area contributed by atoms with Crippen molar-refractivity contribution in [3.05, 3.63) is 16.1 Å². The van der Waals surface area contributed by atoms with Gasteiger partial charge in [-0.2, -0.15) is 0 Å². The number of thiazole rings is 1. The third-order valence-corrected chi connectivity index (χ3v) is 4.90. The van der Waals surface area contributed by atoms with Gasteiger partial charge >= 0.3 is 0 Å². The molecule has 1 aliphatic rings. The lowest BCUT2D eigenvalue weighted by molar-refractivity contribution is 0.319. The van der Waals surface area contributed by atoms with Crippen molar-refractivity contribution in [1.82, 2.24) is 9.88 Å². The quantitative estimate of drug-likeness (QED) is 0.764. The van der Waals surface area contributed by atoms with Crippen LogP contribution in [0.15, 0.2) is 5.38 Å². The van der Waals surface area contributed by atoms with Crippen LogP contribution in [-0.4, -0.2) is 29.5 Å². The Morgan fingerprint density at radius 3 is 2.71 bits per heavy atom. The Morgan fingerprint density at radius 1 is 1.41 bits per heavy atom. The molecule has 0 aromatic carbocycles. The predicted octanol–water partition coefficient (Wildman–Crippen LogP) is 3.40. The van der Waals surface area contributed by atoms with Crippen LogP contribution in [0.25, 0.3) is 0 Å². The van der Waals surface area contributed by atoms with E-state index in [2.05, 4.69) is 29.1 Å². The molecule has 1 fully saturated rings. The fourth-order valence-corrected chi connectivity index (χ4v) is 3.48. The topological polar surface area (TPSA) is 16.1 Å². The van der Waals surface area contributed by atoms with Crippen LogP contribution in [0.1, 0.15) is 31.0 Å². The molecule has 0 radical (unpaired) electrons. The zero-order valence-electron chi connectivity index (χ0n) is 10.7. The maximum atomic E-state index is 5.75. The zero-order valence-corrected chi connectivity index (χ0v) is 12.2. The Hall–Kier alpha value is -0.120. The van der Waals surface area contributed by atoms with E-state index in [9.17, 15) is 0 Å². The van der Waals surface area contributed by atoms with E-state index >= 15 is 0 Å². The Bertz CT molecular complexity index is 343. The maximum absolute atomic E-state index is 5.75. The van der Waals surface area contributed by atoms with Gasteiger partial charge in [-0.1, -0.05) is 13.8 Å². The zero-order chi connectivity index (χ0) is 12.3. The Morgan fingerprint density at radius 2 is 2.12 bits per heavy atom. The first kappa shape index (κ1) is 13.3. The summed E-state index contributed by atoms with van der Waals surface area (Å²) in [7, 11) is 0. The summed E-state index contributed by atoms with van der Waals surface area (Å²) in [5.41, 5.74) is 1.02. The minimum absolute atomic E-state index is 0.539. The van der Waals surface area contributed by atoms with Crippen LogP contribution in [0.5, 0.6) is 0 Å². The van der Waals surface area contributed by atoms with Gasteiger partial charge in [-0.25, -0.2) is 4.98 Å². The van der Waals surface area contributed by atoms with Gasteiger partial charge in [0.2, 0.25) is 0 Å². The van der Waals surface area contributed by atoms with E-state index in [4.69, 9.17) is 11.6 Å². The van der Waals surface area contributed by atoms with E-state index in [1.54, 1.807) is 11.3 Å². The summed E-state index contributed by atoms with van der Waals surface area (Å²) in [5, 5.41) is 3.31. The van der Waals surface area contributed by atoms with Crippen LogP contribution in [-0.2, 0) is 12.3 Å². The highest BCUT2D eigenvalue weighted by molar-refractivity contribution is 7.09. The van der Waals surface area contributed by atoms with Crippen molar-refractivity contribution in [2.75, 3.05) is 19.6 Å². The molecule has 0 amide bonds. The molecule has 1 saturated heterocycles. The third-order valence-electron chi connectivity index (χ3n) is 3.66. The largest absolute Gasteiger partial charge is 0.303 e. The second kappa shape index (κ2) is 6.17. The van der Waals surface area contributed by atoms with Crippen LogP contribution < -0.4 is 0 Å². The smallest absolute Gasteiger partial charge is 0.0929 e. The van der Waals surface area contributed by atoms with Crippen molar-refractivity contribution in [3.8, 4) is 0 Å². The molecular weight excluding hydrogens is 252 g/mol. The standard InChI is InChI=1S/C13H21ClN2S/c1-10-7-16(8-11(10)2)5-3-4-13-15-12(6-14)9-17-13/h9-11H,3-8H2,1-2H3. The van der Waals surface area contributed by atoms with E-state index in [1.165, 1.54) is 31.1 Å². The van der Waals surface area contributed by atoms with Crippen LogP contribution >= 0.6 is 22.9 Å². The molecule has 1 aromatic heterocycles. The molecule has 0 bridgehead atoms. The number of hydrogen-bond donors (Lipinski definition) is 0. The van der Waals surface area contributed by atoms with Gasteiger partial charge in [0.25, 0.3) is 0 Å². The number of likely N-dealkylation sites (tertiary alicyclic amines) is 1. The summed E-state index contributed by atoms with van der Waals surface area (Å²) in [5.74, 6) is 2.26. The average molecular weight is 273 g/mol. The molecule has 4 heteroatoms. The molecule has 1 aromatic rings. The third kappa shape index (κ3) is 3.67. The van der Waals surface area contributed by atoms with E-state index in [0.717, 1.165) is 24.0 Å². The molecule has 0 aliphatic carbocycles. The van der Waals surface area contributed by atoms with Crippen molar-refractivity contribution in [3.63, 3.8) is 0 Å². The van der Waals surface area contributed by atoms with Gasteiger partial charge in [0, 0.05) is 24.9 Å². The summed E-state index contributed by atoms with van der Waals surface area (Å²) >= 11 is 7.49. The molecule has 0 spiro atoms. The lowest BCUT2D eigenvalue weighted by Crippen LogP contribution is -2.22. The molecule has 2 atom stereocenters. The monoisotopic (exact) mass is 272 g/mol. The summed E-state index contributed by atoms with van der Waals surface area (Å²) < 4.78 is 0. The molecule has 96 valence electrons. The number of aromatic nitrogens is 1. The highest BCUT2D eigenvalue weighted by Gasteiger charge is 2.25. The minimum atomic E-state index is 0.539. The molecule has 2 unspecified atom stereocenters. The minimum Gasteiger partial charge on any atom is -0.303 e. The summed E-state index contributed by atoms with van der Waals surface area (Å²) in [4.78, 5) is 7.08. The summed E-state index contributed by atoms with van der Waals surface area (Å²) in [6.45, 7) is 8.47. The van der Waals surface area contributed by atoms with Crippen LogP contribution in [0.4, 0.5) is 0 Å². The number of halogens is 1. The van der Waals surface area contributed by atoms with Gasteiger partial charge < -0.3 is 4.90 Å². The fraction of sp³-hybridized carbons (Fsp3) is 0.769. The first-order chi connectivity index (χ1) is 8.19. The highest BCUT2D eigenvalue weighted by atomic mass is 35.5. The molecule has 1 aliphatic heterocycles. The first-order valence-electron chi connectivity index (χ1n) is 6.40. The van der Waals surface area contributed by atoms with Gasteiger partial charge in [-0.3, -0.25) is 0 Å². The molecule has 17 heavy (non-hydrogen) atoms. The van der Waals surface area contributed by atoms with Crippen molar-refractivity contribution in [2.24, 2.45) is 11.8 Å². The second-order valence-corrected chi connectivity index (χ2v) is 6.39. The summed E-state index contributed by atoms with van der Waals surface area (Å²) in [6, 6.07) is 0. The van der Waals surface area contributed by atoms with Crippen LogP contribution in [0.3, 0.4) is 0 Å². The van der Waals surface area contributed by atoms with Crippen molar-refractivity contribution in [2.45, 2.75) is 32.6 Å². The van der Waals surface area contributed by atoms with Gasteiger partial charge in [-0.15, -0.1) is 22.9 Å². The van der Waals surface area contributed by atoms with E-state index in [0.29, 0.717) is 5.88 Å². The number of alkyl halides is 1. The SMILES string of the molecule is CC1CN(CCCc2nc(CCl)cs2)CC1C. The summed E-state index contributed by atoms with van der Waals surface area (Å²) in [6.07, 6.45) is 2.31. The lowest BCUT2D eigenvalue weighted by Gasteiger charge is -2.14. The van der Waals surface area contributed by atoms with Crippen molar-refractivity contribution >= 4 is 22.9 Å². The predicted molar refractivity (Wildman–Crippen MR) is 74.8 cm³/mol. The fourth-order valence-electron chi connectivity index (χ4n) is 2.41.